The normalized spacial score (nSPS) is 10.1. The molecule has 0 aliphatic rings. The lowest BCUT2D eigenvalue weighted by molar-refractivity contribution is 0.103. The Morgan fingerprint density at radius 3 is 2.56 bits per heavy atom. The van der Waals surface area contributed by atoms with Gasteiger partial charge in [-0.1, -0.05) is 6.07 Å². The van der Waals surface area contributed by atoms with Crippen molar-refractivity contribution < 1.29 is 4.79 Å². The number of hydrogen-bond donors (Lipinski definition) is 0. The quantitative estimate of drug-likeness (QED) is 0.717. The topological polar surface area (TPSA) is 42.9 Å². The molecule has 0 aliphatic heterocycles. The van der Waals surface area contributed by atoms with E-state index in [2.05, 4.69) is 9.97 Å². The fourth-order valence-corrected chi connectivity index (χ4v) is 1.46. The molecule has 0 saturated carbocycles. The van der Waals surface area contributed by atoms with E-state index in [0.29, 0.717) is 11.3 Å². The van der Waals surface area contributed by atoms with E-state index >= 15 is 0 Å². The van der Waals surface area contributed by atoms with Gasteiger partial charge in [0.15, 0.2) is 0 Å². The van der Waals surface area contributed by atoms with Crippen LogP contribution in [0.2, 0.25) is 0 Å². The lowest BCUT2D eigenvalue weighted by Crippen LogP contribution is -2.06. The monoisotopic (exact) mass is 212 g/mol. The highest BCUT2D eigenvalue weighted by Gasteiger charge is 2.12. The molecule has 0 N–H and O–H groups in total. The number of aryl methyl sites for hydroxylation is 2. The van der Waals surface area contributed by atoms with Gasteiger partial charge in [0.25, 0.3) is 0 Å². The van der Waals surface area contributed by atoms with Crippen molar-refractivity contribution in [3.63, 3.8) is 0 Å². The number of aromatic nitrogens is 2. The van der Waals surface area contributed by atoms with Gasteiger partial charge in [-0.25, -0.2) is 0 Å². The summed E-state index contributed by atoms with van der Waals surface area (Å²) in [5.41, 5.74) is 2.85. The van der Waals surface area contributed by atoms with Gasteiger partial charge in [0.05, 0.1) is 0 Å². The molecule has 2 aromatic heterocycles. The predicted octanol–water partition coefficient (Wildman–Crippen LogP) is 2.32. The minimum absolute atomic E-state index is 0.0781. The third-order valence-corrected chi connectivity index (χ3v) is 2.40. The van der Waals surface area contributed by atoms with Crippen molar-refractivity contribution in [1.29, 1.82) is 0 Å². The molecule has 0 spiro atoms. The molecule has 0 bridgehead atoms. The number of pyridine rings is 2. The average Bonchev–Trinajstić information content (AvgIpc) is 2.30. The van der Waals surface area contributed by atoms with Crippen LogP contribution in [-0.2, 0) is 0 Å². The van der Waals surface area contributed by atoms with E-state index in [9.17, 15) is 4.79 Å². The Hall–Kier alpha value is -2.03. The Balaban J connectivity index is 2.40. The van der Waals surface area contributed by atoms with Gasteiger partial charge < -0.3 is 0 Å². The highest BCUT2D eigenvalue weighted by atomic mass is 16.1. The summed E-state index contributed by atoms with van der Waals surface area (Å²) in [5.74, 6) is -0.0781. The molecule has 3 nitrogen and oxygen atoms in total. The first kappa shape index (κ1) is 10.5. The van der Waals surface area contributed by atoms with E-state index < -0.39 is 0 Å². The smallest absolute Gasteiger partial charge is 0.213 e. The Kier molecular flexibility index (Phi) is 2.77. The molecular weight excluding hydrogens is 200 g/mol. The summed E-state index contributed by atoms with van der Waals surface area (Å²) in [7, 11) is 0. The average molecular weight is 212 g/mol. The molecule has 2 aromatic rings. The number of hydrogen-bond acceptors (Lipinski definition) is 3. The van der Waals surface area contributed by atoms with Crippen LogP contribution < -0.4 is 0 Å². The molecule has 0 aliphatic carbocycles. The number of carbonyl (C=O) groups excluding carboxylic acids is 1. The van der Waals surface area contributed by atoms with E-state index in [1.54, 1.807) is 18.5 Å². The van der Waals surface area contributed by atoms with Crippen molar-refractivity contribution in [2.45, 2.75) is 13.8 Å². The van der Waals surface area contributed by atoms with Crippen LogP contribution in [0.1, 0.15) is 27.3 Å². The molecule has 2 rings (SSSR count). The zero-order valence-corrected chi connectivity index (χ0v) is 9.27. The fraction of sp³-hybridized carbons (Fsp3) is 0.154. The van der Waals surface area contributed by atoms with E-state index in [4.69, 9.17) is 0 Å². The molecule has 0 amide bonds. The van der Waals surface area contributed by atoms with Crippen molar-refractivity contribution >= 4 is 5.78 Å². The SMILES string of the molecule is Cc1ccc(C(=O)c2ncccc2C)cn1. The van der Waals surface area contributed by atoms with Gasteiger partial charge in [-0.2, -0.15) is 0 Å². The van der Waals surface area contributed by atoms with Gasteiger partial charge in [0.1, 0.15) is 5.69 Å². The summed E-state index contributed by atoms with van der Waals surface area (Å²) >= 11 is 0. The summed E-state index contributed by atoms with van der Waals surface area (Å²) in [5, 5.41) is 0. The summed E-state index contributed by atoms with van der Waals surface area (Å²) in [6.45, 7) is 3.77. The minimum atomic E-state index is -0.0781. The second kappa shape index (κ2) is 4.23. The molecule has 2 heterocycles. The summed E-state index contributed by atoms with van der Waals surface area (Å²) < 4.78 is 0. The van der Waals surface area contributed by atoms with Crippen molar-refractivity contribution in [2.24, 2.45) is 0 Å². The minimum Gasteiger partial charge on any atom is -0.287 e. The summed E-state index contributed by atoms with van der Waals surface area (Å²) in [6.07, 6.45) is 3.22. The lowest BCUT2D eigenvalue weighted by Gasteiger charge is -2.03. The maximum absolute atomic E-state index is 12.1. The maximum Gasteiger partial charge on any atom is 0.213 e. The summed E-state index contributed by atoms with van der Waals surface area (Å²) in [6, 6.07) is 7.30. The first-order valence-corrected chi connectivity index (χ1v) is 5.07. The predicted molar refractivity (Wildman–Crippen MR) is 61.4 cm³/mol. The zero-order valence-electron chi connectivity index (χ0n) is 9.27. The largest absolute Gasteiger partial charge is 0.287 e. The Bertz CT molecular complexity index is 518. The van der Waals surface area contributed by atoms with Crippen LogP contribution in [0.15, 0.2) is 36.7 Å². The van der Waals surface area contributed by atoms with Gasteiger partial charge in [0.2, 0.25) is 5.78 Å². The Morgan fingerprint density at radius 2 is 1.94 bits per heavy atom. The van der Waals surface area contributed by atoms with Crippen molar-refractivity contribution in [2.75, 3.05) is 0 Å². The second-order valence-electron chi connectivity index (χ2n) is 3.69. The number of rotatable bonds is 2. The standard InChI is InChI=1S/C13H12N2O/c1-9-4-3-7-14-12(9)13(16)11-6-5-10(2)15-8-11/h3-8H,1-2H3. The van der Waals surface area contributed by atoms with Crippen molar-refractivity contribution in [3.05, 3.63) is 59.2 Å². The van der Waals surface area contributed by atoms with Crippen LogP contribution in [0, 0.1) is 13.8 Å². The molecule has 0 unspecified atom stereocenters. The van der Waals surface area contributed by atoms with Crippen LogP contribution in [0.4, 0.5) is 0 Å². The zero-order chi connectivity index (χ0) is 11.5. The molecule has 80 valence electrons. The molecule has 0 saturated heterocycles. The highest BCUT2D eigenvalue weighted by Crippen LogP contribution is 2.10. The maximum atomic E-state index is 12.1. The van der Waals surface area contributed by atoms with Gasteiger partial charge in [-0.15, -0.1) is 0 Å². The van der Waals surface area contributed by atoms with Crippen LogP contribution in [-0.4, -0.2) is 15.8 Å². The van der Waals surface area contributed by atoms with Crippen molar-refractivity contribution in [3.8, 4) is 0 Å². The van der Waals surface area contributed by atoms with Crippen LogP contribution >= 0.6 is 0 Å². The van der Waals surface area contributed by atoms with E-state index in [0.717, 1.165) is 11.3 Å². The van der Waals surface area contributed by atoms with Crippen LogP contribution in [0.3, 0.4) is 0 Å². The van der Waals surface area contributed by atoms with Gasteiger partial charge in [-0.05, 0) is 37.6 Å². The number of carbonyl (C=O) groups is 1. The van der Waals surface area contributed by atoms with Crippen LogP contribution in [0.5, 0.6) is 0 Å². The Morgan fingerprint density at radius 1 is 1.12 bits per heavy atom. The van der Waals surface area contributed by atoms with Gasteiger partial charge in [-0.3, -0.25) is 14.8 Å². The molecule has 3 heteroatoms. The molecule has 16 heavy (non-hydrogen) atoms. The molecular formula is C13H12N2O. The van der Waals surface area contributed by atoms with Gasteiger partial charge >= 0.3 is 0 Å². The van der Waals surface area contributed by atoms with Gasteiger partial charge in [0, 0.05) is 23.7 Å². The number of ketones is 1. The lowest BCUT2D eigenvalue weighted by atomic mass is 10.1. The molecule has 0 atom stereocenters. The fourth-order valence-electron chi connectivity index (χ4n) is 1.46. The first-order valence-electron chi connectivity index (χ1n) is 5.07. The molecule has 0 aromatic carbocycles. The molecule has 0 radical (unpaired) electrons. The van der Waals surface area contributed by atoms with Crippen molar-refractivity contribution in [1.82, 2.24) is 9.97 Å². The number of nitrogens with zero attached hydrogens (tertiary/aromatic N) is 2. The van der Waals surface area contributed by atoms with E-state index in [-0.39, 0.29) is 5.78 Å². The third-order valence-electron chi connectivity index (χ3n) is 2.40. The Labute approximate surface area is 94.2 Å². The second-order valence-corrected chi connectivity index (χ2v) is 3.69. The van der Waals surface area contributed by atoms with Crippen LogP contribution in [0.25, 0.3) is 0 Å². The van der Waals surface area contributed by atoms with E-state index in [1.807, 2.05) is 32.0 Å². The summed E-state index contributed by atoms with van der Waals surface area (Å²) in [4.78, 5) is 20.3. The highest BCUT2D eigenvalue weighted by molar-refractivity contribution is 6.08. The first-order chi connectivity index (χ1) is 7.68. The third kappa shape index (κ3) is 1.98. The molecule has 0 fully saturated rings. The van der Waals surface area contributed by atoms with E-state index in [1.165, 1.54) is 0 Å².